The minimum Gasteiger partial charge on any atom is -0.497 e. The lowest BCUT2D eigenvalue weighted by Crippen LogP contribution is -2.45. The first kappa shape index (κ1) is 26.1. The Balaban J connectivity index is 1.66. The maximum Gasteiger partial charge on any atom is 0.303 e. The number of benzene rings is 3. The summed E-state index contributed by atoms with van der Waals surface area (Å²) >= 11 is 7.83. The lowest BCUT2D eigenvalue weighted by molar-refractivity contribution is -0.152. The van der Waals surface area contributed by atoms with Crippen LogP contribution in [-0.4, -0.2) is 50.1 Å². The Kier molecular flexibility index (Phi) is 8.56. The van der Waals surface area contributed by atoms with Crippen LogP contribution in [0.4, 0.5) is 5.69 Å². The average Bonchev–Trinajstić information content (AvgIpc) is 2.97. The van der Waals surface area contributed by atoms with Gasteiger partial charge in [0.15, 0.2) is 6.10 Å². The Morgan fingerprint density at radius 2 is 1.81 bits per heavy atom. The Bertz CT molecular complexity index is 1210. The van der Waals surface area contributed by atoms with E-state index in [-0.39, 0.29) is 5.91 Å². The number of esters is 1. The van der Waals surface area contributed by atoms with Gasteiger partial charge in [0.25, 0.3) is 5.91 Å². The molecule has 0 aromatic heterocycles. The molecule has 1 amide bonds. The summed E-state index contributed by atoms with van der Waals surface area (Å²) in [5.74, 6) is -0.0513. The third-order valence-corrected chi connectivity index (χ3v) is 7.58. The van der Waals surface area contributed by atoms with E-state index in [9.17, 15) is 9.59 Å². The predicted molar refractivity (Wildman–Crippen MR) is 144 cm³/mol. The number of rotatable bonds is 8. The van der Waals surface area contributed by atoms with Crippen molar-refractivity contribution in [2.24, 2.45) is 0 Å². The van der Waals surface area contributed by atoms with Crippen LogP contribution in [-0.2, 0) is 20.9 Å². The third kappa shape index (κ3) is 6.22. The molecule has 2 atom stereocenters. The van der Waals surface area contributed by atoms with E-state index in [1.54, 1.807) is 18.1 Å². The van der Waals surface area contributed by atoms with Gasteiger partial charge in [-0.15, -0.1) is 11.8 Å². The fourth-order valence-corrected chi connectivity index (χ4v) is 5.80. The van der Waals surface area contributed by atoms with E-state index in [2.05, 4.69) is 17.0 Å². The molecule has 0 fully saturated rings. The summed E-state index contributed by atoms with van der Waals surface area (Å²) < 4.78 is 11.0. The zero-order valence-corrected chi connectivity index (χ0v) is 22.1. The highest BCUT2D eigenvalue weighted by atomic mass is 35.5. The van der Waals surface area contributed by atoms with Gasteiger partial charge in [0.05, 0.1) is 18.0 Å². The monoisotopic (exact) mass is 524 g/mol. The van der Waals surface area contributed by atoms with Crippen LogP contribution in [0.1, 0.15) is 23.3 Å². The molecule has 3 aromatic carbocycles. The zero-order chi connectivity index (χ0) is 25.7. The number of hydrogen-bond acceptors (Lipinski definition) is 6. The number of methoxy groups -OCH3 is 1. The van der Waals surface area contributed by atoms with Crippen molar-refractivity contribution >= 4 is 40.9 Å². The lowest BCUT2D eigenvalue weighted by Gasteiger charge is -2.29. The number of hydrogen-bond donors (Lipinski definition) is 0. The summed E-state index contributed by atoms with van der Waals surface area (Å²) in [7, 11) is 3.63. The molecule has 0 saturated carbocycles. The van der Waals surface area contributed by atoms with Crippen LogP contribution in [0.25, 0.3) is 0 Å². The predicted octanol–water partition coefficient (Wildman–Crippen LogP) is 5.59. The molecule has 0 saturated heterocycles. The number of carbonyl (C=O) groups is 2. The Morgan fingerprint density at radius 1 is 1.08 bits per heavy atom. The number of amides is 1. The molecule has 1 aliphatic heterocycles. The molecule has 1 heterocycles. The summed E-state index contributed by atoms with van der Waals surface area (Å²) in [5, 5.41) is 0.130. The van der Waals surface area contributed by atoms with E-state index >= 15 is 0 Å². The van der Waals surface area contributed by atoms with Crippen LogP contribution in [0.2, 0.25) is 5.02 Å². The lowest BCUT2D eigenvalue weighted by atomic mass is 10.1. The van der Waals surface area contributed by atoms with E-state index < -0.39 is 17.3 Å². The minimum absolute atomic E-state index is 0.257. The van der Waals surface area contributed by atoms with Crippen molar-refractivity contribution in [3.63, 3.8) is 0 Å². The van der Waals surface area contributed by atoms with E-state index in [1.807, 2.05) is 61.6 Å². The van der Waals surface area contributed by atoms with Crippen molar-refractivity contribution in [3.05, 3.63) is 88.9 Å². The van der Waals surface area contributed by atoms with Crippen LogP contribution in [0.5, 0.6) is 5.75 Å². The molecular formula is C28H29ClN2O4S. The highest BCUT2D eigenvalue weighted by Crippen LogP contribution is 2.47. The van der Waals surface area contributed by atoms with Crippen LogP contribution in [0.15, 0.2) is 77.7 Å². The Labute approximate surface area is 221 Å². The van der Waals surface area contributed by atoms with E-state index in [4.69, 9.17) is 21.1 Å². The van der Waals surface area contributed by atoms with Crippen LogP contribution in [0, 0.1) is 0 Å². The average molecular weight is 525 g/mol. The Morgan fingerprint density at radius 3 is 2.47 bits per heavy atom. The second-order valence-corrected chi connectivity index (χ2v) is 10.3. The Hall–Kier alpha value is -3.00. The van der Waals surface area contributed by atoms with Gasteiger partial charge in [-0.2, -0.15) is 0 Å². The number of nitrogens with zero attached hydrogens (tertiary/aromatic N) is 2. The van der Waals surface area contributed by atoms with E-state index in [0.29, 0.717) is 23.9 Å². The standard InChI is InChI=1S/C28H29ClN2O4S/c1-19(32)35-26-27(21-9-12-23(34-3)13-10-21)36-25-17-22(29)11-14-24(25)31(28(26)33)16-15-30(2)18-20-7-5-4-6-8-20/h4-14,17,26-27H,15-16,18H2,1-3H3. The largest absolute Gasteiger partial charge is 0.497 e. The van der Waals surface area contributed by atoms with Crippen molar-refractivity contribution in [3.8, 4) is 5.75 Å². The first-order chi connectivity index (χ1) is 17.4. The molecule has 1 aliphatic rings. The van der Waals surface area contributed by atoms with Gasteiger partial charge in [0.2, 0.25) is 0 Å². The molecular weight excluding hydrogens is 496 g/mol. The number of fused-ring (bicyclic) bond motifs is 1. The molecule has 0 N–H and O–H groups in total. The SMILES string of the molecule is COc1ccc(C2Sc3cc(Cl)ccc3N(CCN(C)Cc3ccccc3)C(=O)C2OC(C)=O)cc1. The summed E-state index contributed by atoms with van der Waals surface area (Å²) in [4.78, 5) is 30.8. The van der Waals surface area contributed by atoms with Crippen LogP contribution >= 0.6 is 23.4 Å². The molecule has 0 radical (unpaired) electrons. The van der Waals surface area contributed by atoms with Crippen molar-refractivity contribution in [2.75, 3.05) is 32.1 Å². The fraction of sp³-hybridized carbons (Fsp3) is 0.286. The number of ether oxygens (including phenoxy) is 2. The number of thioether (sulfide) groups is 1. The van der Waals surface area contributed by atoms with Crippen molar-refractivity contribution < 1.29 is 19.1 Å². The number of likely N-dealkylation sites (N-methyl/N-ethyl adjacent to an activating group) is 1. The first-order valence-corrected chi connectivity index (χ1v) is 12.9. The number of carbonyl (C=O) groups excluding carboxylic acids is 2. The smallest absolute Gasteiger partial charge is 0.303 e. The van der Waals surface area contributed by atoms with E-state index in [0.717, 1.165) is 22.7 Å². The van der Waals surface area contributed by atoms with Gasteiger partial charge in [-0.3, -0.25) is 9.59 Å². The molecule has 2 unspecified atom stereocenters. The van der Waals surface area contributed by atoms with Gasteiger partial charge in [-0.25, -0.2) is 0 Å². The molecule has 36 heavy (non-hydrogen) atoms. The molecule has 0 aliphatic carbocycles. The molecule has 0 spiro atoms. The second kappa shape index (κ2) is 11.8. The maximum absolute atomic E-state index is 14.0. The normalized spacial score (nSPS) is 17.5. The second-order valence-electron chi connectivity index (χ2n) is 8.67. The van der Waals surface area contributed by atoms with Gasteiger partial charge >= 0.3 is 5.97 Å². The topological polar surface area (TPSA) is 59.1 Å². The summed E-state index contributed by atoms with van der Waals surface area (Å²) in [6, 6.07) is 23.2. The molecule has 3 aromatic rings. The van der Waals surface area contributed by atoms with Gasteiger partial charge in [0, 0.05) is 36.5 Å². The van der Waals surface area contributed by atoms with Crippen molar-refractivity contribution in [1.29, 1.82) is 0 Å². The number of anilines is 1. The third-order valence-electron chi connectivity index (χ3n) is 5.99. The maximum atomic E-state index is 14.0. The summed E-state index contributed by atoms with van der Waals surface area (Å²) in [6.45, 7) is 3.15. The van der Waals surface area contributed by atoms with Crippen LogP contribution < -0.4 is 9.64 Å². The quantitative estimate of drug-likeness (QED) is 0.358. The summed E-state index contributed by atoms with van der Waals surface area (Å²) in [5.41, 5.74) is 2.81. The molecule has 0 bridgehead atoms. The minimum atomic E-state index is -0.994. The van der Waals surface area contributed by atoms with Gasteiger partial charge in [-0.05, 0) is 48.5 Å². The van der Waals surface area contributed by atoms with Crippen molar-refractivity contribution in [2.45, 2.75) is 29.7 Å². The van der Waals surface area contributed by atoms with Crippen molar-refractivity contribution in [1.82, 2.24) is 4.90 Å². The number of halogens is 1. The first-order valence-electron chi connectivity index (χ1n) is 11.7. The zero-order valence-electron chi connectivity index (χ0n) is 20.5. The molecule has 4 rings (SSSR count). The molecule has 188 valence electrons. The highest BCUT2D eigenvalue weighted by Gasteiger charge is 2.41. The van der Waals surface area contributed by atoms with Gasteiger partial charge in [0.1, 0.15) is 5.75 Å². The van der Waals surface area contributed by atoms with Crippen LogP contribution in [0.3, 0.4) is 0 Å². The molecule has 8 heteroatoms. The molecule has 6 nitrogen and oxygen atoms in total. The van der Waals surface area contributed by atoms with Gasteiger partial charge in [-0.1, -0.05) is 54.1 Å². The van der Waals surface area contributed by atoms with E-state index in [1.165, 1.54) is 24.2 Å². The highest BCUT2D eigenvalue weighted by molar-refractivity contribution is 7.99. The van der Waals surface area contributed by atoms with Gasteiger partial charge < -0.3 is 19.3 Å². The summed E-state index contributed by atoms with van der Waals surface area (Å²) in [6.07, 6.45) is -0.994. The fourth-order valence-electron chi connectivity index (χ4n) is 4.21.